The van der Waals surface area contributed by atoms with Gasteiger partial charge in [-0.3, -0.25) is 0 Å². The summed E-state index contributed by atoms with van der Waals surface area (Å²) in [5, 5.41) is 10.7. The number of pyridine rings is 1. The number of aliphatic hydroxyl groups excluding tert-OH is 1. The number of fused-ring (bicyclic) bond motifs is 1. The molecule has 1 aliphatic rings. The second-order valence-corrected chi connectivity index (χ2v) is 5.84. The summed E-state index contributed by atoms with van der Waals surface area (Å²) >= 11 is 0. The summed E-state index contributed by atoms with van der Waals surface area (Å²) in [6.07, 6.45) is 2.33. The fraction of sp³-hybridized carbons (Fsp3) is 0.438. The van der Waals surface area contributed by atoms with Gasteiger partial charge >= 0.3 is 0 Å². The van der Waals surface area contributed by atoms with Crippen molar-refractivity contribution < 1.29 is 9.59 Å². The van der Waals surface area contributed by atoms with Crippen LogP contribution in [0, 0.1) is 0 Å². The molecule has 1 aromatic heterocycles. The van der Waals surface area contributed by atoms with E-state index in [1.165, 1.54) is 11.8 Å². The zero-order chi connectivity index (χ0) is 13.3. The maximum Gasteiger partial charge on any atom is 0.122 e. The van der Waals surface area contributed by atoms with Gasteiger partial charge in [0.25, 0.3) is 0 Å². The van der Waals surface area contributed by atoms with Crippen molar-refractivity contribution >= 4 is 10.9 Å². The average molecular weight is 257 g/mol. The second-order valence-electron chi connectivity index (χ2n) is 5.84. The molecule has 2 heterocycles. The fourth-order valence-electron chi connectivity index (χ4n) is 3.25. The number of hydrogen-bond acceptors (Lipinski definition) is 2. The largest absolute Gasteiger partial charge is 0.390 e. The van der Waals surface area contributed by atoms with Crippen LogP contribution in [-0.4, -0.2) is 40.8 Å². The van der Waals surface area contributed by atoms with Gasteiger partial charge < -0.3 is 9.59 Å². The third-order valence-corrected chi connectivity index (χ3v) is 4.48. The lowest BCUT2D eigenvalue weighted by atomic mass is 10.1. The van der Waals surface area contributed by atoms with E-state index in [2.05, 4.69) is 31.3 Å². The first-order valence-electron chi connectivity index (χ1n) is 7.01. The standard InChI is InChI=1S/C16H21N2O/c1-18(10-4-6-15(18)12-19)11-14-9-8-13-5-2-3-7-16(13)17-14/h2-3,5,7-9,15,19H,4,6,10-12H2,1H3/q+1/t15-,18+/m0/s1. The summed E-state index contributed by atoms with van der Waals surface area (Å²) in [6.45, 7) is 2.33. The molecule has 1 N–H and O–H groups in total. The minimum absolute atomic E-state index is 0.282. The predicted octanol–water partition coefficient (Wildman–Crippen LogP) is 2.34. The molecule has 19 heavy (non-hydrogen) atoms. The molecule has 1 aliphatic heterocycles. The minimum Gasteiger partial charge on any atom is -0.390 e. The third kappa shape index (κ3) is 2.36. The van der Waals surface area contributed by atoms with Gasteiger partial charge in [-0.25, -0.2) is 4.98 Å². The topological polar surface area (TPSA) is 33.1 Å². The van der Waals surface area contributed by atoms with Crippen molar-refractivity contribution in [3.8, 4) is 0 Å². The Hall–Kier alpha value is -1.45. The van der Waals surface area contributed by atoms with E-state index in [4.69, 9.17) is 4.98 Å². The van der Waals surface area contributed by atoms with Gasteiger partial charge in [-0.05, 0) is 12.1 Å². The van der Waals surface area contributed by atoms with E-state index >= 15 is 0 Å². The quantitative estimate of drug-likeness (QED) is 0.856. The SMILES string of the molecule is C[N@+]1(Cc2ccc3ccccc3n2)CCC[C@H]1CO. The Bertz CT molecular complexity index is 584. The summed E-state index contributed by atoms with van der Waals surface area (Å²) in [7, 11) is 2.24. The number of para-hydroxylation sites is 1. The van der Waals surface area contributed by atoms with Crippen LogP contribution in [0.4, 0.5) is 0 Å². The molecule has 0 unspecified atom stereocenters. The number of quaternary nitrogens is 1. The predicted molar refractivity (Wildman–Crippen MR) is 76.6 cm³/mol. The first kappa shape index (κ1) is 12.6. The Morgan fingerprint density at radius 3 is 2.95 bits per heavy atom. The Morgan fingerprint density at radius 2 is 2.11 bits per heavy atom. The van der Waals surface area contributed by atoms with Crippen LogP contribution in [0.25, 0.3) is 10.9 Å². The molecule has 0 aliphatic carbocycles. The maximum atomic E-state index is 9.52. The second kappa shape index (κ2) is 4.91. The van der Waals surface area contributed by atoms with E-state index in [0.29, 0.717) is 6.04 Å². The van der Waals surface area contributed by atoms with E-state index in [9.17, 15) is 5.11 Å². The highest BCUT2D eigenvalue weighted by Gasteiger charge is 2.37. The van der Waals surface area contributed by atoms with E-state index in [1.807, 2.05) is 12.1 Å². The smallest absolute Gasteiger partial charge is 0.122 e. The average Bonchev–Trinajstić information content (AvgIpc) is 2.79. The molecule has 0 amide bonds. The van der Waals surface area contributed by atoms with E-state index < -0.39 is 0 Å². The van der Waals surface area contributed by atoms with Gasteiger partial charge in [-0.15, -0.1) is 0 Å². The van der Waals surface area contributed by atoms with Crippen LogP contribution < -0.4 is 0 Å². The molecule has 0 radical (unpaired) electrons. The molecule has 1 fully saturated rings. The van der Waals surface area contributed by atoms with Crippen molar-refractivity contribution in [2.75, 3.05) is 20.2 Å². The number of likely N-dealkylation sites (tertiary alicyclic amines) is 1. The van der Waals surface area contributed by atoms with Crippen LogP contribution >= 0.6 is 0 Å². The zero-order valence-electron chi connectivity index (χ0n) is 11.4. The molecule has 1 saturated heterocycles. The summed E-state index contributed by atoms with van der Waals surface area (Å²) in [6, 6.07) is 12.9. The monoisotopic (exact) mass is 257 g/mol. The normalized spacial score (nSPS) is 26.9. The molecule has 2 atom stereocenters. The molecule has 2 aromatic rings. The molecule has 0 spiro atoms. The van der Waals surface area contributed by atoms with Crippen molar-refractivity contribution in [3.05, 3.63) is 42.1 Å². The Kier molecular flexibility index (Phi) is 3.25. The maximum absolute atomic E-state index is 9.52. The van der Waals surface area contributed by atoms with E-state index in [0.717, 1.165) is 35.2 Å². The molecule has 0 saturated carbocycles. The molecule has 1 aromatic carbocycles. The number of likely N-dealkylation sites (N-methyl/N-ethyl adjacent to an activating group) is 1. The van der Waals surface area contributed by atoms with Gasteiger partial charge in [0.05, 0.1) is 31.4 Å². The first-order valence-corrected chi connectivity index (χ1v) is 7.01. The number of nitrogens with zero attached hydrogens (tertiary/aromatic N) is 2. The summed E-state index contributed by atoms with van der Waals surface area (Å²) in [4.78, 5) is 4.76. The zero-order valence-corrected chi connectivity index (χ0v) is 11.4. The number of rotatable bonds is 3. The number of aromatic nitrogens is 1. The van der Waals surface area contributed by atoms with Crippen LogP contribution in [0.5, 0.6) is 0 Å². The minimum atomic E-state index is 0.282. The van der Waals surface area contributed by atoms with Crippen molar-refractivity contribution in [1.29, 1.82) is 0 Å². The van der Waals surface area contributed by atoms with Crippen LogP contribution in [0.1, 0.15) is 18.5 Å². The highest BCUT2D eigenvalue weighted by molar-refractivity contribution is 5.78. The number of aliphatic hydroxyl groups is 1. The Labute approximate surface area is 114 Å². The van der Waals surface area contributed by atoms with Crippen LogP contribution in [0.3, 0.4) is 0 Å². The molecule has 3 nitrogen and oxygen atoms in total. The molecular formula is C16H21N2O+. The lowest BCUT2D eigenvalue weighted by Gasteiger charge is -2.35. The van der Waals surface area contributed by atoms with Gasteiger partial charge in [-0.2, -0.15) is 0 Å². The van der Waals surface area contributed by atoms with Gasteiger partial charge in [0.2, 0.25) is 0 Å². The van der Waals surface area contributed by atoms with Gasteiger partial charge in [0.15, 0.2) is 0 Å². The van der Waals surface area contributed by atoms with Crippen molar-refractivity contribution in [3.63, 3.8) is 0 Å². The Morgan fingerprint density at radius 1 is 1.26 bits per heavy atom. The van der Waals surface area contributed by atoms with Gasteiger partial charge in [-0.1, -0.05) is 24.3 Å². The molecule has 3 rings (SSSR count). The van der Waals surface area contributed by atoms with Crippen molar-refractivity contribution in [2.24, 2.45) is 0 Å². The van der Waals surface area contributed by atoms with E-state index in [1.54, 1.807) is 0 Å². The van der Waals surface area contributed by atoms with Gasteiger partial charge in [0, 0.05) is 18.2 Å². The summed E-state index contributed by atoms with van der Waals surface area (Å²) in [5.41, 5.74) is 2.19. The van der Waals surface area contributed by atoms with Gasteiger partial charge in [0.1, 0.15) is 12.6 Å². The highest BCUT2D eigenvalue weighted by Crippen LogP contribution is 2.27. The summed E-state index contributed by atoms with van der Waals surface area (Å²) < 4.78 is 0.918. The third-order valence-electron chi connectivity index (χ3n) is 4.48. The van der Waals surface area contributed by atoms with Crippen molar-refractivity contribution in [2.45, 2.75) is 25.4 Å². The highest BCUT2D eigenvalue weighted by atomic mass is 16.3. The molecular weight excluding hydrogens is 236 g/mol. The Balaban J connectivity index is 1.88. The number of hydrogen-bond donors (Lipinski definition) is 1. The lowest BCUT2D eigenvalue weighted by molar-refractivity contribution is -0.934. The lowest BCUT2D eigenvalue weighted by Crippen LogP contribution is -2.49. The molecule has 3 heteroatoms. The fourth-order valence-corrected chi connectivity index (χ4v) is 3.25. The van der Waals surface area contributed by atoms with Crippen LogP contribution in [0.15, 0.2) is 36.4 Å². The van der Waals surface area contributed by atoms with E-state index in [-0.39, 0.29) is 6.61 Å². The number of benzene rings is 1. The van der Waals surface area contributed by atoms with Crippen molar-refractivity contribution in [1.82, 2.24) is 4.98 Å². The van der Waals surface area contributed by atoms with Crippen LogP contribution in [0.2, 0.25) is 0 Å². The molecule has 0 bridgehead atoms. The summed E-state index contributed by atoms with van der Waals surface area (Å²) in [5.74, 6) is 0. The van der Waals surface area contributed by atoms with Crippen LogP contribution in [-0.2, 0) is 6.54 Å². The molecule has 100 valence electrons. The first-order chi connectivity index (χ1) is 9.21.